The zero-order valence-electron chi connectivity index (χ0n) is 10.8. The average Bonchev–Trinajstić information content (AvgIpc) is 3.06. The molecule has 2 N–H and O–H groups in total. The van der Waals surface area contributed by atoms with Gasteiger partial charge < -0.3 is 5.32 Å². The van der Waals surface area contributed by atoms with Crippen LogP contribution in [0.15, 0.2) is 12.3 Å². The summed E-state index contributed by atoms with van der Waals surface area (Å²) in [5, 5.41) is 6.93. The Bertz CT molecular complexity index is 493. The second kappa shape index (κ2) is 5.38. The third-order valence-electron chi connectivity index (χ3n) is 3.02. The van der Waals surface area contributed by atoms with Crippen molar-refractivity contribution in [1.82, 2.24) is 19.8 Å². The molecule has 18 heavy (non-hydrogen) atoms. The first-order valence-electron chi connectivity index (χ1n) is 6.18. The van der Waals surface area contributed by atoms with E-state index >= 15 is 0 Å². The molecule has 1 saturated carbocycles. The number of nitrogens with zero attached hydrogens (tertiary/aromatic N) is 2. The normalized spacial score (nSPS) is 17.9. The van der Waals surface area contributed by atoms with E-state index in [1.165, 1.54) is 0 Å². The molecule has 1 unspecified atom stereocenters. The highest BCUT2D eigenvalue weighted by atomic mass is 32.2. The van der Waals surface area contributed by atoms with Crippen LogP contribution in [0.25, 0.3) is 0 Å². The molecule has 1 atom stereocenters. The number of aryl methyl sites for hydroxylation is 1. The predicted octanol–water partition coefficient (Wildman–Crippen LogP) is -0.0200. The Balaban J connectivity index is 1.81. The summed E-state index contributed by atoms with van der Waals surface area (Å²) >= 11 is 0. The van der Waals surface area contributed by atoms with E-state index in [1.54, 1.807) is 30.9 Å². The summed E-state index contributed by atoms with van der Waals surface area (Å²) in [6.45, 7) is 2.47. The Morgan fingerprint density at radius 2 is 2.28 bits per heavy atom. The van der Waals surface area contributed by atoms with Gasteiger partial charge >= 0.3 is 0 Å². The molecule has 1 fully saturated rings. The van der Waals surface area contributed by atoms with Crippen LogP contribution in [0, 0.1) is 0 Å². The summed E-state index contributed by atoms with van der Waals surface area (Å²) in [6, 6.07) is 2.33. The van der Waals surface area contributed by atoms with E-state index in [0.29, 0.717) is 12.6 Å². The molecule has 6 nitrogen and oxygen atoms in total. The Morgan fingerprint density at radius 1 is 1.56 bits per heavy atom. The fourth-order valence-corrected chi connectivity index (χ4v) is 2.55. The first-order chi connectivity index (χ1) is 8.47. The van der Waals surface area contributed by atoms with E-state index < -0.39 is 15.3 Å². The largest absolute Gasteiger partial charge is 0.313 e. The third kappa shape index (κ3) is 3.79. The Labute approximate surface area is 108 Å². The molecule has 1 aliphatic carbocycles. The van der Waals surface area contributed by atoms with Crippen LogP contribution in [0.5, 0.6) is 0 Å². The lowest BCUT2D eigenvalue weighted by Crippen LogP contribution is -2.39. The van der Waals surface area contributed by atoms with Crippen molar-refractivity contribution in [2.75, 3.05) is 6.54 Å². The molecule has 2 rings (SSSR count). The zero-order valence-corrected chi connectivity index (χ0v) is 11.6. The van der Waals surface area contributed by atoms with Gasteiger partial charge in [-0.15, -0.1) is 0 Å². The maximum Gasteiger partial charge on any atom is 0.215 e. The molecule has 1 aliphatic rings. The van der Waals surface area contributed by atoms with Crippen LogP contribution in [0.1, 0.15) is 25.5 Å². The minimum atomic E-state index is -3.28. The number of nitrogens with one attached hydrogen (secondary N) is 2. The zero-order chi connectivity index (χ0) is 13.2. The van der Waals surface area contributed by atoms with Crippen molar-refractivity contribution >= 4 is 10.0 Å². The van der Waals surface area contributed by atoms with Gasteiger partial charge in [-0.1, -0.05) is 0 Å². The van der Waals surface area contributed by atoms with Crippen LogP contribution in [-0.2, 0) is 23.6 Å². The summed E-state index contributed by atoms with van der Waals surface area (Å²) in [6.07, 6.45) is 4.12. The van der Waals surface area contributed by atoms with Gasteiger partial charge in [0.1, 0.15) is 0 Å². The van der Waals surface area contributed by atoms with E-state index in [9.17, 15) is 8.42 Å². The fraction of sp³-hybridized carbons (Fsp3) is 0.727. The second-order valence-electron chi connectivity index (χ2n) is 4.84. The number of hydrogen-bond acceptors (Lipinski definition) is 4. The minimum absolute atomic E-state index is 0.247. The molecular weight excluding hydrogens is 252 g/mol. The highest BCUT2D eigenvalue weighted by molar-refractivity contribution is 7.90. The van der Waals surface area contributed by atoms with Crippen LogP contribution in [0.4, 0.5) is 0 Å². The molecule has 0 saturated heterocycles. The highest BCUT2D eigenvalue weighted by Crippen LogP contribution is 2.18. The average molecular weight is 272 g/mol. The lowest BCUT2D eigenvalue weighted by molar-refractivity contribution is 0.555. The van der Waals surface area contributed by atoms with Gasteiger partial charge in [-0.2, -0.15) is 5.10 Å². The maximum absolute atomic E-state index is 12.0. The molecule has 1 aromatic heterocycles. The Morgan fingerprint density at radius 3 is 2.83 bits per heavy atom. The number of rotatable bonds is 7. The van der Waals surface area contributed by atoms with Crippen molar-refractivity contribution in [3.8, 4) is 0 Å². The van der Waals surface area contributed by atoms with Gasteiger partial charge in [-0.05, 0) is 25.8 Å². The van der Waals surface area contributed by atoms with Gasteiger partial charge in [-0.3, -0.25) is 4.68 Å². The van der Waals surface area contributed by atoms with E-state index in [2.05, 4.69) is 15.1 Å². The minimum Gasteiger partial charge on any atom is -0.313 e. The SMILES string of the molecule is CC(CNC1CC1)S(=O)(=O)NCc1ccn(C)n1. The van der Waals surface area contributed by atoms with Crippen LogP contribution in [0.2, 0.25) is 0 Å². The number of hydrogen-bond donors (Lipinski definition) is 2. The van der Waals surface area contributed by atoms with Gasteiger partial charge in [0.25, 0.3) is 0 Å². The van der Waals surface area contributed by atoms with Gasteiger partial charge in [0.15, 0.2) is 0 Å². The quantitative estimate of drug-likeness (QED) is 0.731. The second-order valence-corrected chi connectivity index (χ2v) is 7.02. The van der Waals surface area contributed by atoms with Crippen LogP contribution >= 0.6 is 0 Å². The smallest absolute Gasteiger partial charge is 0.215 e. The molecular formula is C11H20N4O2S. The van der Waals surface area contributed by atoms with Crippen LogP contribution in [-0.4, -0.2) is 36.0 Å². The standard InChI is InChI=1S/C11H20N4O2S/c1-9(7-12-10-3-4-10)18(16,17)13-8-11-5-6-15(2)14-11/h5-6,9-10,12-13H,3-4,7-8H2,1-2H3. The number of sulfonamides is 1. The van der Waals surface area contributed by atoms with E-state index in [-0.39, 0.29) is 6.54 Å². The molecule has 0 amide bonds. The highest BCUT2D eigenvalue weighted by Gasteiger charge is 2.25. The molecule has 1 heterocycles. The maximum atomic E-state index is 12.0. The molecule has 0 aromatic carbocycles. The molecule has 0 radical (unpaired) electrons. The van der Waals surface area contributed by atoms with Crippen molar-refractivity contribution in [2.24, 2.45) is 7.05 Å². The molecule has 0 aliphatic heterocycles. The third-order valence-corrected chi connectivity index (χ3v) is 4.80. The van der Waals surface area contributed by atoms with Crippen molar-refractivity contribution in [1.29, 1.82) is 0 Å². The molecule has 0 spiro atoms. The predicted molar refractivity (Wildman–Crippen MR) is 69.5 cm³/mol. The van der Waals surface area contributed by atoms with Gasteiger partial charge in [0, 0.05) is 25.8 Å². The lowest BCUT2D eigenvalue weighted by atomic mass is 10.4. The van der Waals surface area contributed by atoms with E-state index in [1.807, 2.05) is 0 Å². The summed E-state index contributed by atoms with van der Waals surface area (Å²) in [4.78, 5) is 0. The van der Waals surface area contributed by atoms with E-state index in [0.717, 1.165) is 18.5 Å². The van der Waals surface area contributed by atoms with Crippen molar-refractivity contribution < 1.29 is 8.42 Å². The fourth-order valence-electron chi connectivity index (χ4n) is 1.60. The van der Waals surface area contributed by atoms with Gasteiger partial charge in [0.2, 0.25) is 10.0 Å². The van der Waals surface area contributed by atoms with Gasteiger partial charge in [0.05, 0.1) is 17.5 Å². The monoisotopic (exact) mass is 272 g/mol. The summed E-state index contributed by atoms with van der Waals surface area (Å²) in [5.41, 5.74) is 0.725. The summed E-state index contributed by atoms with van der Waals surface area (Å²) < 4.78 is 28.2. The summed E-state index contributed by atoms with van der Waals surface area (Å²) in [7, 11) is -1.47. The topological polar surface area (TPSA) is 76.0 Å². The van der Waals surface area contributed by atoms with E-state index in [4.69, 9.17) is 0 Å². The Hall–Kier alpha value is -0.920. The lowest BCUT2D eigenvalue weighted by Gasteiger charge is -2.13. The van der Waals surface area contributed by atoms with Crippen molar-refractivity contribution in [3.63, 3.8) is 0 Å². The summed E-state index contributed by atoms with van der Waals surface area (Å²) in [5.74, 6) is 0. The van der Waals surface area contributed by atoms with Crippen molar-refractivity contribution in [2.45, 2.75) is 37.6 Å². The Kier molecular flexibility index (Phi) is 4.04. The van der Waals surface area contributed by atoms with Gasteiger partial charge in [-0.25, -0.2) is 13.1 Å². The first-order valence-corrected chi connectivity index (χ1v) is 7.72. The molecule has 0 bridgehead atoms. The molecule has 7 heteroatoms. The van der Waals surface area contributed by atoms with Crippen molar-refractivity contribution in [3.05, 3.63) is 18.0 Å². The molecule has 102 valence electrons. The van der Waals surface area contributed by atoms with Crippen LogP contribution < -0.4 is 10.0 Å². The number of aromatic nitrogens is 2. The van der Waals surface area contributed by atoms with Crippen LogP contribution in [0.3, 0.4) is 0 Å². The molecule has 1 aromatic rings. The first kappa shape index (κ1) is 13.5.